The van der Waals surface area contributed by atoms with Crippen LogP contribution in [0.1, 0.15) is 61.1 Å². The van der Waals surface area contributed by atoms with Gasteiger partial charge in [-0.1, -0.05) is 134 Å². The third-order valence-corrected chi connectivity index (χ3v) is 10.3. The number of rotatable bonds is 2. The number of hydrogen-bond donors (Lipinski definition) is 0. The number of nitrogens with zero attached hydrogens (tertiary/aromatic N) is 6. The van der Waals surface area contributed by atoms with E-state index in [4.69, 9.17) is 14.7 Å². The van der Waals surface area contributed by atoms with E-state index >= 15 is 0 Å². The van der Waals surface area contributed by atoms with Gasteiger partial charge in [-0.2, -0.15) is 0 Å². The quantitative estimate of drug-likeness (QED) is 0.166. The molecule has 0 saturated heterocycles. The second-order valence-corrected chi connectivity index (χ2v) is 13.5. The number of hydrogen-bond acceptors (Lipinski definition) is 3. The maximum Gasteiger partial charge on any atom is 2.00 e. The van der Waals surface area contributed by atoms with E-state index in [2.05, 4.69) is 143 Å². The summed E-state index contributed by atoms with van der Waals surface area (Å²) < 4.78 is 15.6. The van der Waals surface area contributed by atoms with Crippen LogP contribution in [0.15, 0.2) is 110 Å². The molecule has 6 heterocycles. The molecule has 0 saturated carbocycles. The van der Waals surface area contributed by atoms with Crippen molar-refractivity contribution in [3.63, 3.8) is 0 Å². The fraction of sp³-hybridized carbons (Fsp3) is 0.150. The van der Waals surface area contributed by atoms with Crippen molar-refractivity contribution in [3.05, 3.63) is 155 Å². The molecule has 0 aliphatic carbocycles. The van der Waals surface area contributed by atoms with E-state index in [1.807, 2.05) is 24.8 Å². The maximum absolute atomic E-state index is 7.22. The predicted octanol–water partition coefficient (Wildman–Crippen LogP) is 8.18. The van der Waals surface area contributed by atoms with Crippen molar-refractivity contribution in [2.75, 3.05) is 0 Å². The van der Waals surface area contributed by atoms with Gasteiger partial charge in [0.05, 0.1) is 11.5 Å². The summed E-state index contributed by atoms with van der Waals surface area (Å²) in [6, 6.07) is 30.0. The predicted molar refractivity (Wildman–Crippen MR) is 184 cm³/mol. The van der Waals surface area contributed by atoms with Crippen LogP contribution < -0.4 is 0 Å². The van der Waals surface area contributed by atoms with Gasteiger partial charge in [0.1, 0.15) is 11.6 Å². The van der Waals surface area contributed by atoms with Crippen molar-refractivity contribution < 1.29 is 25.8 Å². The van der Waals surface area contributed by atoms with Gasteiger partial charge in [-0.05, 0) is 35.6 Å². The Morgan fingerprint density at radius 2 is 0.958 bits per heavy atom. The number of ether oxygens (including phenoxy) is 1. The van der Waals surface area contributed by atoms with Crippen molar-refractivity contribution in [3.8, 4) is 0 Å². The van der Waals surface area contributed by atoms with E-state index in [1.54, 1.807) is 0 Å². The monoisotopic (exact) mass is 805 g/mol. The molecule has 0 unspecified atom stereocenters. The van der Waals surface area contributed by atoms with Gasteiger partial charge in [0.2, 0.25) is 0 Å². The molecule has 4 aromatic carbocycles. The van der Waals surface area contributed by atoms with Crippen molar-refractivity contribution >= 4 is 45.1 Å². The Bertz CT molecular complexity index is 2490. The van der Waals surface area contributed by atoms with E-state index in [0.29, 0.717) is 11.5 Å². The molecule has 8 aromatic rings. The average Bonchev–Trinajstić information content (AvgIpc) is 3.87. The van der Waals surface area contributed by atoms with Crippen LogP contribution in [0.5, 0.6) is 0 Å². The van der Waals surface area contributed by atoms with Gasteiger partial charge in [0, 0.05) is 46.7 Å². The molecule has 8 heteroatoms. The zero-order valence-electron chi connectivity index (χ0n) is 26.8. The number of fused-ring (bicyclic) bond motifs is 8. The maximum atomic E-state index is 7.22. The van der Waals surface area contributed by atoms with E-state index in [-0.39, 0.29) is 31.9 Å². The van der Waals surface area contributed by atoms with Crippen molar-refractivity contribution in [2.24, 2.45) is 0 Å². The number of para-hydroxylation sites is 2. The Morgan fingerprint density at radius 1 is 0.542 bits per heavy atom. The summed E-state index contributed by atoms with van der Waals surface area (Å²) in [7, 11) is 0. The normalized spacial score (nSPS) is 15.9. The molecule has 0 amide bonds. The molecule has 0 fully saturated rings. The van der Waals surface area contributed by atoms with E-state index in [0.717, 1.165) is 55.9 Å². The zero-order chi connectivity index (χ0) is 31.7. The van der Waals surface area contributed by atoms with Crippen LogP contribution in [-0.4, -0.2) is 27.9 Å². The standard InChI is InChI=1S/C40H30N6O.Pt/c1-39(2)27-13-7-5-11-25(27)33(23-45-35-29(39)15-9-17-31(35)43-21-19-41-37(43)45)47-34-24-46-36-30(40(3,4)28-14-8-6-12-26(28)34)16-10-18-32(36)44-22-20-42-38(44)46;/h5-22H,1-4H3;/q-2;+2. The molecule has 236 valence electrons. The molecule has 0 spiro atoms. The van der Waals surface area contributed by atoms with Crippen LogP contribution in [0, 0.1) is 12.4 Å². The summed E-state index contributed by atoms with van der Waals surface area (Å²) in [5.74, 6) is 2.75. The van der Waals surface area contributed by atoms with Crippen molar-refractivity contribution in [1.29, 1.82) is 0 Å². The van der Waals surface area contributed by atoms with Crippen LogP contribution in [-0.2, 0) is 36.6 Å². The van der Waals surface area contributed by atoms with Gasteiger partial charge in [0.25, 0.3) is 0 Å². The minimum atomic E-state index is -0.354. The van der Waals surface area contributed by atoms with Crippen molar-refractivity contribution in [1.82, 2.24) is 27.9 Å². The molecule has 10 rings (SSSR count). The Labute approximate surface area is 291 Å². The van der Waals surface area contributed by atoms with E-state index < -0.39 is 0 Å². The first-order valence-electron chi connectivity index (χ1n) is 15.9. The average molecular weight is 806 g/mol. The molecule has 4 aromatic heterocycles. The van der Waals surface area contributed by atoms with Crippen LogP contribution in [0.3, 0.4) is 0 Å². The number of imidazole rings is 4. The van der Waals surface area contributed by atoms with E-state index in [9.17, 15) is 0 Å². The smallest absolute Gasteiger partial charge is 0.492 e. The van der Waals surface area contributed by atoms with Gasteiger partial charge < -0.3 is 22.7 Å². The number of aromatic nitrogens is 6. The van der Waals surface area contributed by atoms with Gasteiger partial charge in [0.15, 0.2) is 0 Å². The Morgan fingerprint density at radius 3 is 1.42 bits per heavy atom. The third kappa shape index (κ3) is 3.68. The Hall–Kier alpha value is -5.13. The summed E-state index contributed by atoms with van der Waals surface area (Å²) >= 11 is 0. The summed E-state index contributed by atoms with van der Waals surface area (Å²) in [6.45, 7) is 9.13. The molecule has 2 aliphatic rings. The molecule has 48 heavy (non-hydrogen) atoms. The minimum Gasteiger partial charge on any atom is -0.492 e. The van der Waals surface area contributed by atoms with Crippen molar-refractivity contribution in [2.45, 2.75) is 38.5 Å². The first-order valence-corrected chi connectivity index (χ1v) is 15.9. The topological polar surface area (TPSA) is 53.7 Å². The largest absolute Gasteiger partial charge is 2.00 e. The minimum absolute atomic E-state index is 0. The fourth-order valence-electron chi connectivity index (χ4n) is 7.96. The second kappa shape index (κ2) is 9.94. The van der Waals surface area contributed by atoms with Gasteiger partial charge in [-0.25, -0.2) is 0 Å². The van der Waals surface area contributed by atoms with Gasteiger partial charge in [-0.15, -0.1) is 0 Å². The first kappa shape index (κ1) is 29.0. The van der Waals surface area contributed by atoms with Gasteiger partial charge >= 0.3 is 21.1 Å². The van der Waals surface area contributed by atoms with Crippen LogP contribution >= 0.6 is 0 Å². The Kier molecular flexibility index (Phi) is 6.01. The van der Waals surface area contributed by atoms with Gasteiger partial charge in [-0.3, -0.25) is 9.97 Å². The molecule has 0 bridgehead atoms. The number of benzene rings is 4. The molecule has 0 radical (unpaired) electrons. The second-order valence-electron chi connectivity index (χ2n) is 13.5. The Balaban J connectivity index is 0.00000314. The molecular formula is C40H30N6OPt. The first-order chi connectivity index (χ1) is 22.8. The molecular weight excluding hydrogens is 776 g/mol. The van der Waals surface area contributed by atoms with Crippen LogP contribution in [0.4, 0.5) is 0 Å². The third-order valence-electron chi connectivity index (χ3n) is 10.3. The van der Waals surface area contributed by atoms with Crippen LogP contribution in [0.2, 0.25) is 0 Å². The molecule has 0 N–H and O–H groups in total. The molecule has 2 aliphatic heterocycles. The summed E-state index contributed by atoms with van der Waals surface area (Å²) in [5, 5.41) is 0. The summed E-state index contributed by atoms with van der Waals surface area (Å²) in [6.07, 6.45) is 15.1. The fourth-order valence-corrected chi connectivity index (χ4v) is 7.96. The van der Waals surface area contributed by atoms with Crippen LogP contribution in [0.25, 0.3) is 45.1 Å². The molecule has 7 nitrogen and oxygen atoms in total. The zero-order valence-corrected chi connectivity index (χ0v) is 29.1. The summed E-state index contributed by atoms with van der Waals surface area (Å²) in [5.41, 5.74) is 10.2. The molecule has 0 atom stereocenters. The van der Waals surface area contributed by atoms with E-state index in [1.165, 1.54) is 11.1 Å². The SMILES string of the molecule is CC1(C)c2ccccc2C(OC2=[C-]n3c4c(cccc4n4ccnc34)C(C)(C)c3ccccc32)=[C-]n2c3c1cccc3n1ccnc21.[Pt+2]. The summed E-state index contributed by atoms with van der Waals surface area (Å²) in [4.78, 5) is 9.54.